The van der Waals surface area contributed by atoms with Gasteiger partial charge in [0.1, 0.15) is 23.7 Å². The second-order valence-electron chi connectivity index (χ2n) is 9.55. The van der Waals surface area contributed by atoms with Crippen molar-refractivity contribution in [2.45, 2.75) is 57.5 Å². The van der Waals surface area contributed by atoms with Gasteiger partial charge in [-0.25, -0.2) is 13.9 Å². The van der Waals surface area contributed by atoms with Gasteiger partial charge in [0.05, 0.1) is 43.5 Å². The Morgan fingerprint density at radius 1 is 1.24 bits per heavy atom. The summed E-state index contributed by atoms with van der Waals surface area (Å²) in [5.74, 6) is -2.21. The summed E-state index contributed by atoms with van der Waals surface area (Å²) < 4.78 is 27.5. The number of hydrogen-bond acceptors (Lipinski definition) is 10. The zero-order valence-corrected chi connectivity index (χ0v) is 22.1. The number of halogens is 1. The van der Waals surface area contributed by atoms with E-state index in [0.29, 0.717) is 47.6 Å². The highest BCUT2D eigenvalue weighted by Crippen LogP contribution is 2.30. The molecule has 3 atom stereocenters. The third-order valence-corrected chi connectivity index (χ3v) is 6.71. The van der Waals surface area contributed by atoms with Crippen molar-refractivity contribution in [1.82, 2.24) is 20.0 Å². The molecule has 0 radical (unpaired) electrons. The maximum atomic E-state index is 15.2. The first-order valence-electron chi connectivity index (χ1n) is 13.0. The van der Waals surface area contributed by atoms with E-state index in [1.165, 1.54) is 23.4 Å². The van der Waals surface area contributed by atoms with Crippen molar-refractivity contribution in [2.75, 3.05) is 11.4 Å². The first-order chi connectivity index (χ1) is 19.8. The lowest BCUT2D eigenvalue weighted by Gasteiger charge is -2.20. The van der Waals surface area contributed by atoms with Gasteiger partial charge in [0.2, 0.25) is 0 Å². The van der Waals surface area contributed by atoms with E-state index in [1.54, 1.807) is 35.1 Å². The van der Waals surface area contributed by atoms with Crippen molar-refractivity contribution in [2.24, 2.45) is 5.16 Å². The van der Waals surface area contributed by atoms with E-state index in [0.717, 1.165) is 0 Å². The van der Waals surface area contributed by atoms with Crippen LogP contribution in [0, 0.1) is 5.82 Å². The summed E-state index contributed by atoms with van der Waals surface area (Å²) in [6.45, 7) is 2.42. The predicted octanol–water partition coefficient (Wildman–Crippen LogP) is 3.18. The Kier molecular flexibility index (Phi) is 8.17. The molecular weight excluding hydrogens is 539 g/mol. The Morgan fingerprint density at radius 2 is 2.10 bits per heavy atom. The summed E-state index contributed by atoms with van der Waals surface area (Å²) in [4.78, 5) is 46.3. The second kappa shape index (κ2) is 12.1. The SMILES string of the molecule is CCC(OC(=O)CCC(=O)O)C1CC(c2ccc(-c3ccc(N4C[C@H](Cn5ccnn5)OC4=O)cc3F)cn2)=NO1. The van der Waals surface area contributed by atoms with Gasteiger partial charge in [-0.2, -0.15) is 0 Å². The molecule has 1 fully saturated rings. The highest BCUT2D eigenvalue weighted by Gasteiger charge is 2.34. The molecule has 14 heteroatoms. The van der Waals surface area contributed by atoms with Crippen LogP contribution >= 0.6 is 0 Å². The summed E-state index contributed by atoms with van der Waals surface area (Å²) in [6, 6.07) is 7.91. The quantitative estimate of drug-likeness (QED) is 0.342. The zero-order valence-electron chi connectivity index (χ0n) is 22.1. The van der Waals surface area contributed by atoms with E-state index in [1.807, 2.05) is 6.92 Å². The fraction of sp³-hybridized carbons (Fsp3) is 0.370. The van der Waals surface area contributed by atoms with Gasteiger partial charge in [0, 0.05) is 29.9 Å². The number of rotatable bonds is 11. The van der Waals surface area contributed by atoms with Crippen LogP contribution in [0.25, 0.3) is 11.1 Å². The lowest BCUT2D eigenvalue weighted by molar-refractivity contribution is -0.158. The molecule has 2 unspecified atom stereocenters. The summed E-state index contributed by atoms with van der Waals surface area (Å²) in [7, 11) is 0. The highest BCUT2D eigenvalue weighted by atomic mass is 19.1. The second-order valence-corrected chi connectivity index (χ2v) is 9.55. The van der Waals surface area contributed by atoms with Crippen LogP contribution in [0.3, 0.4) is 0 Å². The Balaban J connectivity index is 1.20. The smallest absolute Gasteiger partial charge is 0.414 e. The van der Waals surface area contributed by atoms with E-state index >= 15 is 4.39 Å². The first-order valence-corrected chi connectivity index (χ1v) is 13.0. The average Bonchev–Trinajstić information content (AvgIpc) is 3.73. The molecule has 0 spiro atoms. The predicted molar refractivity (Wildman–Crippen MR) is 140 cm³/mol. The number of amides is 1. The van der Waals surface area contributed by atoms with Crippen LogP contribution in [-0.4, -0.2) is 73.7 Å². The molecule has 1 N–H and O–H groups in total. The Labute approximate surface area is 233 Å². The van der Waals surface area contributed by atoms with Crippen LogP contribution in [0.1, 0.15) is 38.3 Å². The summed E-state index contributed by atoms with van der Waals surface area (Å²) >= 11 is 0. The van der Waals surface area contributed by atoms with Gasteiger partial charge < -0.3 is 19.4 Å². The molecule has 0 bridgehead atoms. The molecule has 2 aliphatic heterocycles. The molecular formula is C27H27FN6O7. The lowest BCUT2D eigenvalue weighted by Crippen LogP contribution is -2.31. The minimum Gasteiger partial charge on any atom is -0.481 e. The standard InChI is InChI=1S/C27H27FN6O7/c1-2-23(40-26(37)8-7-25(35)36)24-12-22(31-41-24)21-6-3-16(13-29-21)19-5-4-17(11-20(19)28)34-15-18(39-27(34)38)14-33-10-9-30-32-33/h3-6,9-11,13,18,23-24H,2,7-8,12,14-15H2,1H3,(H,35,36)/t18-,23?,24?/m0/s1. The molecule has 1 aromatic carbocycles. The van der Waals surface area contributed by atoms with E-state index in [-0.39, 0.29) is 19.4 Å². The number of anilines is 1. The zero-order chi connectivity index (χ0) is 28.9. The number of cyclic esters (lactones) is 1. The minimum absolute atomic E-state index is 0.223. The van der Waals surface area contributed by atoms with Crippen LogP contribution in [0.5, 0.6) is 0 Å². The number of carboxylic acid groups (broad SMARTS) is 1. The van der Waals surface area contributed by atoms with E-state index in [2.05, 4.69) is 20.5 Å². The molecule has 2 aromatic heterocycles. The van der Waals surface area contributed by atoms with Crippen molar-refractivity contribution in [3.05, 3.63) is 60.4 Å². The summed E-state index contributed by atoms with van der Waals surface area (Å²) in [5.41, 5.74) is 2.28. The normalized spacial score (nSPS) is 18.9. The van der Waals surface area contributed by atoms with Gasteiger partial charge in [0.25, 0.3) is 0 Å². The number of carbonyl (C=O) groups is 3. The van der Waals surface area contributed by atoms with Gasteiger partial charge in [0.15, 0.2) is 6.10 Å². The molecule has 41 heavy (non-hydrogen) atoms. The molecule has 3 aromatic rings. The largest absolute Gasteiger partial charge is 0.481 e. The van der Waals surface area contributed by atoms with Crippen LogP contribution < -0.4 is 4.90 Å². The number of esters is 1. The van der Waals surface area contributed by atoms with Crippen LogP contribution in [0.4, 0.5) is 14.9 Å². The van der Waals surface area contributed by atoms with Crippen molar-refractivity contribution in [1.29, 1.82) is 0 Å². The fourth-order valence-corrected chi connectivity index (χ4v) is 4.60. The molecule has 2 aliphatic rings. The number of carbonyl (C=O) groups excluding carboxylic acids is 2. The van der Waals surface area contributed by atoms with Crippen molar-refractivity contribution in [3.63, 3.8) is 0 Å². The van der Waals surface area contributed by atoms with Gasteiger partial charge in [-0.15, -0.1) is 5.10 Å². The van der Waals surface area contributed by atoms with Crippen LogP contribution in [0.15, 0.2) is 54.1 Å². The molecule has 4 heterocycles. The Hall–Kier alpha value is -4.88. The Bertz CT molecular complexity index is 1450. The molecule has 214 valence electrons. The summed E-state index contributed by atoms with van der Waals surface area (Å²) in [5, 5.41) is 20.4. The van der Waals surface area contributed by atoms with E-state index in [9.17, 15) is 14.4 Å². The third kappa shape index (κ3) is 6.48. The monoisotopic (exact) mass is 566 g/mol. The number of nitrogens with zero attached hydrogens (tertiary/aromatic N) is 6. The van der Waals surface area contributed by atoms with Crippen molar-refractivity contribution < 1.29 is 38.2 Å². The summed E-state index contributed by atoms with van der Waals surface area (Å²) in [6.07, 6.45) is 2.87. The minimum atomic E-state index is -1.08. The number of hydrogen-bond donors (Lipinski definition) is 1. The first kappa shape index (κ1) is 27.7. The van der Waals surface area contributed by atoms with Crippen molar-refractivity contribution in [3.8, 4) is 11.1 Å². The van der Waals surface area contributed by atoms with Gasteiger partial charge in [-0.3, -0.25) is 19.5 Å². The number of ether oxygens (including phenoxy) is 2. The number of carboxylic acids is 1. The number of oxime groups is 1. The Morgan fingerprint density at radius 3 is 2.78 bits per heavy atom. The van der Waals surface area contributed by atoms with E-state index < -0.39 is 42.2 Å². The molecule has 13 nitrogen and oxygen atoms in total. The highest BCUT2D eigenvalue weighted by molar-refractivity contribution is 6.00. The molecule has 5 rings (SSSR count). The van der Waals surface area contributed by atoms with Gasteiger partial charge in [-0.05, 0) is 30.7 Å². The topological polar surface area (TPSA) is 158 Å². The number of benzene rings is 1. The molecule has 0 aliphatic carbocycles. The van der Waals surface area contributed by atoms with E-state index in [4.69, 9.17) is 19.4 Å². The van der Waals surface area contributed by atoms with Crippen molar-refractivity contribution >= 4 is 29.4 Å². The maximum Gasteiger partial charge on any atom is 0.414 e. The van der Waals surface area contributed by atoms with Gasteiger partial charge in [-0.1, -0.05) is 23.4 Å². The molecule has 1 saturated heterocycles. The average molecular weight is 567 g/mol. The number of aliphatic carboxylic acids is 1. The maximum absolute atomic E-state index is 15.2. The van der Waals surface area contributed by atoms with Crippen LogP contribution in [-0.2, 0) is 30.4 Å². The van der Waals surface area contributed by atoms with Crippen LogP contribution in [0.2, 0.25) is 0 Å². The third-order valence-electron chi connectivity index (χ3n) is 6.71. The number of pyridine rings is 1. The fourth-order valence-electron chi connectivity index (χ4n) is 4.60. The van der Waals surface area contributed by atoms with Gasteiger partial charge >= 0.3 is 18.0 Å². The number of aromatic nitrogens is 4. The molecule has 1 amide bonds. The molecule has 0 saturated carbocycles. The lowest BCUT2D eigenvalue weighted by atomic mass is 10.0.